The van der Waals surface area contributed by atoms with E-state index >= 15 is 0 Å². The molecule has 0 bridgehead atoms. The van der Waals surface area contributed by atoms with Crippen LogP contribution in [0.4, 0.5) is 0 Å². The fraction of sp³-hybridized carbons (Fsp3) is 0.857. The van der Waals surface area contributed by atoms with Crippen LogP contribution in [0, 0.1) is 5.92 Å². The van der Waals surface area contributed by atoms with Crippen LogP contribution in [0.1, 0.15) is 39.5 Å². The molecule has 5 heteroatoms. The van der Waals surface area contributed by atoms with Gasteiger partial charge in [0.05, 0.1) is 6.61 Å². The van der Waals surface area contributed by atoms with Gasteiger partial charge in [-0.2, -0.15) is 0 Å². The summed E-state index contributed by atoms with van der Waals surface area (Å²) in [6.07, 6.45) is 3.37. The van der Waals surface area contributed by atoms with Gasteiger partial charge in [-0.05, 0) is 31.6 Å². The summed E-state index contributed by atoms with van der Waals surface area (Å²) in [5.41, 5.74) is -0.693. The average molecular weight is 268 g/mol. The second-order valence-corrected chi connectivity index (χ2v) is 5.51. The summed E-state index contributed by atoms with van der Waals surface area (Å²) in [6, 6.07) is -0.310. The summed E-state index contributed by atoms with van der Waals surface area (Å²) in [5, 5.41) is 2.96. The molecule has 1 aliphatic carbocycles. The lowest BCUT2D eigenvalue weighted by Crippen LogP contribution is -2.71. The van der Waals surface area contributed by atoms with Crippen LogP contribution in [0.15, 0.2) is 0 Å². The number of carbonyl (C=O) groups is 2. The number of methoxy groups -OCH3 is 1. The van der Waals surface area contributed by atoms with Crippen molar-refractivity contribution in [1.29, 1.82) is 0 Å². The van der Waals surface area contributed by atoms with Crippen LogP contribution < -0.4 is 5.32 Å². The van der Waals surface area contributed by atoms with E-state index in [0.29, 0.717) is 31.9 Å². The molecular formula is C14H24N2O3. The number of rotatable bonds is 6. The standard InChI is InChI=1S/C14H24N2O3/c1-4-14(5-2)13(18)15-11(10-6-7-10)12(17)16(14)8-9-19-3/h10-11H,4-9H2,1-3H3,(H,15,18). The van der Waals surface area contributed by atoms with E-state index in [1.54, 1.807) is 12.0 Å². The van der Waals surface area contributed by atoms with E-state index in [4.69, 9.17) is 4.74 Å². The van der Waals surface area contributed by atoms with Crippen molar-refractivity contribution < 1.29 is 14.3 Å². The summed E-state index contributed by atoms with van der Waals surface area (Å²) < 4.78 is 5.10. The number of nitrogens with one attached hydrogen (secondary N) is 1. The van der Waals surface area contributed by atoms with E-state index in [2.05, 4.69) is 5.32 Å². The Bertz CT molecular complexity index is 362. The van der Waals surface area contributed by atoms with Crippen LogP contribution in [-0.4, -0.2) is 48.6 Å². The minimum absolute atomic E-state index is 0.00473. The molecule has 19 heavy (non-hydrogen) atoms. The molecule has 5 nitrogen and oxygen atoms in total. The highest BCUT2D eigenvalue weighted by Gasteiger charge is 2.53. The highest BCUT2D eigenvalue weighted by molar-refractivity contribution is 6.00. The number of piperazine rings is 1. The molecule has 1 aliphatic heterocycles. The fourth-order valence-electron chi connectivity index (χ4n) is 3.05. The number of carbonyl (C=O) groups excluding carboxylic acids is 2. The second-order valence-electron chi connectivity index (χ2n) is 5.51. The normalized spacial score (nSPS) is 26.5. The quantitative estimate of drug-likeness (QED) is 0.779. The topological polar surface area (TPSA) is 58.6 Å². The minimum Gasteiger partial charge on any atom is -0.383 e. The van der Waals surface area contributed by atoms with Crippen molar-refractivity contribution >= 4 is 11.8 Å². The molecule has 1 saturated heterocycles. The molecule has 0 aromatic heterocycles. The molecule has 0 aromatic rings. The van der Waals surface area contributed by atoms with E-state index in [1.165, 1.54) is 0 Å². The zero-order chi connectivity index (χ0) is 14.0. The molecule has 1 atom stereocenters. The summed E-state index contributed by atoms with van der Waals surface area (Å²) in [6.45, 7) is 4.90. The fourth-order valence-corrected chi connectivity index (χ4v) is 3.05. The SMILES string of the molecule is CCC1(CC)C(=O)NC(C2CC2)C(=O)N1CCOC. The van der Waals surface area contributed by atoms with Crippen molar-refractivity contribution in [2.24, 2.45) is 5.92 Å². The molecule has 1 saturated carbocycles. The van der Waals surface area contributed by atoms with Gasteiger partial charge in [-0.15, -0.1) is 0 Å². The van der Waals surface area contributed by atoms with Gasteiger partial charge in [-0.1, -0.05) is 13.8 Å². The Hall–Kier alpha value is -1.10. The van der Waals surface area contributed by atoms with Crippen molar-refractivity contribution in [2.75, 3.05) is 20.3 Å². The lowest BCUT2D eigenvalue weighted by atomic mass is 9.85. The maximum atomic E-state index is 12.6. The van der Waals surface area contributed by atoms with Crippen molar-refractivity contribution in [3.8, 4) is 0 Å². The van der Waals surface area contributed by atoms with Crippen LogP contribution in [0.2, 0.25) is 0 Å². The summed E-state index contributed by atoms with van der Waals surface area (Å²) >= 11 is 0. The number of hydrogen-bond donors (Lipinski definition) is 1. The smallest absolute Gasteiger partial charge is 0.246 e. The van der Waals surface area contributed by atoms with Gasteiger partial charge in [-0.25, -0.2) is 0 Å². The summed E-state index contributed by atoms with van der Waals surface area (Å²) in [7, 11) is 1.62. The van der Waals surface area contributed by atoms with E-state index in [-0.39, 0.29) is 17.9 Å². The molecule has 0 radical (unpaired) electrons. The second kappa shape index (κ2) is 5.49. The molecule has 2 fully saturated rings. The zero-order valence-corrected chi connectivity index (χ0v) is 12.1. The Morgan fingerprint density at radius 1 is 1.32 bits per heavy atom. The molecule has 1 unspecified atom stereocenters. The predicted octanol–water partition coefficient (Wildman–Crippen LogP) is 0.929. The molecule has 1 heterocycles. The van der Waals surface area contributed by atoms with Crippen molar-refractivity contribution in [2.45, 2.75) is 51.1 Å². The molecule has 2 aliphatic rings. The maximum Gasteiger partial charge on any atom is 0.246 e. The van der Waals surface area contributed by atoms with Crippen LogP contribution in [0.3, 0.4) is 0 Å². The van der Waals surface area contributed by atoms with Crippen LogP contribution in [-0.2, 0) is 14.3 Å². The molecule has 0 aromatic carbocycles. The van der Waals surface area contributed by atoms with Gasteiger partial charge in [0.15, 0.2) is 0 Å². The van der Waals surface area contributed by atoms with Gasteiger partial charge in [0.1, 0.15) is 11.6 Å². The van der Waals surface area contributed by atoms with Gasteiger partial charge in [0, 0.05) is 13.7 Å². The Morgan fingerprint density at radius 3 is 2.42 bits per heavy atom. The summed E-state index contributed by atoms with van der Waals surface area (Å²) in [4.78, 5) is 26.9. The lowest BCUT2D eigenvalue weighted by Gasteiger charge is -2.47. The van der Waals surface area contributed by atoms with Crippen LogP contribution >= 0.6 is 0 Å². The largest absolute Gasteiger partial charge is 0.383 e. The highest BCUT2D eigenvalue weighted by atomic mass is 16.5. The summed E-state index contributed by atoms with van der Waals surface area (Å²) in [5.74, 6) is 0.418. The first-order valence-corrected chi connectivity index (χ1v) is 7.22. The molecule has 0 spiro atoms. The third-order valence-corrected chi connectivity index (χ3v) is 4.54. The first-order valence-electron chi connectivity index (χ1n) is 7.22. The predicted molar refractivity (Wildman–Crippen MR) is 71.6 cm³/mol. The minimum atomic E-state index is -0.693. The van der Waals surface area contributed by atoms with Gasteiger partial charge in [0.2, 0.25) is 11.8 Å². The highest BCUT2D eigenvalue weighted by Crippen LogP contribution is 2.38. The van der Waals surface area contributed by atoms with E-state index in [9.17, 15) is 9.59 Å². The molecular weight excluding hydrogens is 244 g/mol. The first-order chi connectivity index (χ1) is 9.10. The Balaban J connectivity index is 2.26. The van der Waals surface area contributed by atoms with Crippen molar-refractivity contribution in [3.63, 3.8) is 0 Å². The van der Waals surface area contributed by atoms with Gasteiger partial charge in [0.25, 0.3) is 0 Å². The Labute approximate surface area is 114 Å². The van der Waals surface area contributed by atoms with E-state index in [1.807, 2.05) is 13.8 Å². The number of hydrogen-bond acceptors (Lipinski definition) is 3. The van der Waals surface area contributed by atoms with Gasteiger partial charge >= 0.3 is 0 Å². The van der Waals surface area contributed by atoms with Crippen LogP contribution in [0.5, 0.6) is 0 Å². The Morgan fingerprint density at radius 2 is 1.95 bits per heavy atom. The van der Waals surface area contributed by atoms with E-state index in [0.717, 1.165) is 12.8 Å². The zero-order valence-electron chi connectivity index (χ0n) is 12.1. The third-order valence-electron chi connectivity index (χ3n) is 4.54. The maximum absolute atomic E-state index is 12.6. The molecule has 2 rings (SSSR count). The van der Waals surface area contributed by atoms with Crippen molar-refractivity contribution in [1.82, 2.24) is 10.2 Å². The van der Waals surface area contributed by atoms with Gasteiger partial charge < -0.3 is 15.0 Å². The van der Waals surface area contributed by atoms with Crippen molar-refractivity contribution in [3.05, 3.63) is 0 Å². The monoisotopic (exact) mass is 268 g/mol. The third kappa shape index (κ3) is 2.36. The number of ether oxygens (including phenoxy) is 1. The molecule has 2 amide bonds. The Kier molecular flexibility index (Phi) is 4.13. The first kappa shape index (κ1) is 14.3. The average Bonchev–Trinajstić information content (AvgIpc) is 3.24. The van der Waals surface area contributed by atoms with Crippen LogP contribution in [0.25, 0.3) is 0 Å². The molecule has 1 N–H and O–H groups in total. The van der Waals surface area contributed by atoms with Gasteiger partial charge in [-0.3, -0.25) is 9.59 Å². The molecule has 108 valence electrons. The number of nitrogens with zero attached hydrogens (tertiary/aromatic N) is 1. The van der Waals surface area contributed by atoms with E-state index < -0.39 is 5.54 Å². The lowest BCUT2D eigenvalue weighted by molar-refractivity contribution is -0.159. The number of amides is 2.